The molecule has 0 aromatic heterocycles. The fraction of sp³-hybridized carbons (Fsp3) is 0.902. The van der Waals surface area contributed by atoms with Crippen molar-refractivity contribution in [2.75, 3.05) is 13.2 Å². The number of aliphatic hydroxyl groups is 2. The van der Waals surface area contributed by atoms with Gasteiger partial charge in [0.2, 0.25) is 0 Å². The fourth-order valence-corrected chi connectivity index (χ4v) is 9.59. The third-order valence-corrected chi connectivity index (χ3v) is 14.3. The summed E-state index contributed by atoms with van der Waals surface area (Å²) in [6.07, 6.45) is 43.3. The van der Waals surface area contributed by atoms with Crippen LogP contribution in [-0.2, 0) is 42.9 Å². The first-order chi connectivity index (χ1) is 35.6. The molecule has 428 valence electrons. The van der Waals surface area contributed by atoms with Gasteiger partial charge in [-0.05, 0) is 38.5 Å². The number of allylic oxidation sites excluding steroid dienone is 2. The summed E-state index contributed by atoms with van der Waals surface area (Å²) in [5, 5.41) is 31.4. The van der Waals surface area contributed by atoms with Gasteiger partial charge in [0.1, 0.15) is 18.8 Å². The van der Waals surface area contributed by atoms with Crippen molar-refractivity contribution in [1.82, 2.24) is 0 Å². The number of rotatable bonds is 53. The molecule has 12 heteroatoms. The quantitative estimate of drug-likeness (QED) is 0.0228. The molecule has 3 N–H and O–H groups in total. The Hall–Kier alpha value is -2.54. The second-order valence-corrected chi connectivity index (χ2v) is 21.4. The standard InChI is InChI=1S/C61H112O12/c1-4-7-10-13-16-19-22-24-25-26-27-28-29-31-33-35-38-41-44-47-53(62)69-50-52(71-54(63)48-45-42-39-36-32-21-18-15-12-9-6-3)51-70-61-59(57(66)56(65)58(73-61)60(67)68)72-55(64)49-46-43-40-37-34-30-23-20-17-14-11-8-5-2/h15,18,52,56-59,61,65-66H,4-14,16-17,19-51H2,1-3H3,(H,67,68)/b18-15-. The topological polar surface area (TPSA) is 175 Å². The second kappa shape index (κ2) is 50.3. The Labute approximate surface area is 446 Å². The lowest BCUT2D eigenvalue weighted by Crippen LogP contribution is -2.61. The molecule has 0 aliphatic carbocycles. The zero-order chi connectivity index (χ0) is 53.3. The molecule has 1 aliphatic heterocycles. The average molecular weight is 1040 g/mol. The minimum absolute atomic E-state index is 0.0674. The fourth-order valence-electron chi connectivity index (χ4n) is 9.59. The van der Waals surface area contributed by atoms with Gasteiger partial charge >= 0.3 is 23.9 Å². The highest BCUT2D eigenvalue weighted by Crippen LogP contribution is 2.27. The molecule has 1 rings (SSSR count). The third kappa shape index (κ3) is 40.4. The lowest BCUT2D eigenvalue weighted by atomic mass is 9.98. The van der Waals surface area contributed by atoms with E-state index in [2.05, 4.69) is 32.9 Å². The van der Waals surface area contributed by atoms with Crippen molar-refractivity contribution in [3.63, 3.8) is 0 Å². The SMILES string of the molecule is CCCC/C=C\CCCCCCCC(=O)OC(COC(=O)CCCCCCCCCCCCCCCCCCCCC)COC1OC(C(=O)O)C(O)C(O)C1OC(=O)CCCCCCCCCCCCCCC. The van der Waals surface area contributed by atoms with Gasteiger partial charge in [-0.25, -0.2) is 4.79 Å². The number of unbranched alkanes of at least 4 members (excludes halogenated alkanes) is 37. The maximum atomic E-state index is 13.1. The van der Waals surface area contributed by atoms with Crippen molar-refractivity contribution >= 4 is 23.9 Å². The predicted molar refractivity (Wildman–Crippen MR) is 294 cm³/mol. The van der Waals surface area contributed by atoms with E-state index in [0.29, 0.717) is 19.3 Å². The second-order valence-electron chi connectivity index (χ2n) is 21.4. The first kappa shape index (κ1) is 68.5. The number of carbonyl (C=O) groups is 4. The summed E-state index contributed by atoms with van der Waals surface area (Å²) in [4.78, 5) is 51.1. The van der Waals surface area contributed by atoms with Crippen LogP contribution in [0, 0.1) is 0 Å². The number of hydrogen-bond donors (Lipinski definition) is 3. The van der Waals surface area contributed by atoms with Gasteiger partial charge in [-0.3, -0.25) is 14.4 Å². The minimum Gasteiger partial charge on any atom is -0.479 e. The summed E-state index contributed by atoms with van der Waals surface area (Å²) >= 11 is 0. The van der Waals surface area contributed by atoms with Crippen molar-refractivity contribution in [3.8, 4) is 0 Å². The maximum Gasteiger partial charge on any atom is 0.335 e. The number of esters is 3. The first-order valence-corrected chi connectivity index (χ1v) is 30.7. The summed E-state index contributed by atoms with van der Waals surface area (Å²) in [5.41, 5.74) is 0. The highest BCUT2D eigenvalue weighted by Gasteiger charge is 2.50. The van der Waals surface area contributed by atoms with Crippen molar-refractivity contribution in [1.29, 1.82) is 0 Å². The third-order valence-electron chi connectivity index (χ3n) is 14.3. The zero-order valence-electron chi connectivity index (χ0n) is 47.2. The minimum atomic E-state index is -1.90. The molecule has 0 bridgehead atoms. The molecular formula is C61H112O12. The van der Waals surface area contributed by atoms with Crippen molar-refractivity contribution in [2.24, 2.45) is 0 Å². The summed E-state index contributed by atoms with van der Waals surface area (Å²) in [6, 6.07) is 0. The summed E-state index contributed by atoms with van der Waals surface area (Å²) < 4.78 is 28.4. The Morgan fingerprint density at radius 3 is 1.21 bits per heavy atom. The molecule has 0 spiro atoms. The van der Waals surface area contributed by atoms with Crippen LogP contribution in [0.4, 0.5) is 0 Å². The van der Waals surface area contributed by atoms with Gasteiger partial charge in [-0.1, -0.05) is 258 Å². The molecule has 12 nitrogen and oxygen atoms in total. The molecule has 1 heterocycles. The summed E-state index contributed by atoms with van der Waals surface area (Å²) in [7, 11) is 0. The van der Waals surface area contributed by atoms with E-state index < -0.39 is 67.3 Å². The van der Waals surface area contributed by atoms with Gasteiger partial charge in [-0.15, -0.1) is 0 Å². The van der Waals surface area contributed by atoms with Crippen LogP contribution in [0.25, 0.3) is 0 Å². The Balaban J connectivity index is 2.62. The van der Waals surface area contributed by atoms with E-state index in [1.807, 2.05) is 0 Å². The van der Waals surface area contributed by atoms with Crippen LogP contribution < -0.4 is 0 Å². The van der Waals surface area contributed by atoms with Crippen LogP contribution in [0.1, 0.15) is 303 Å². The van der Waals surface area contributed by atoms with Crippen molar-refractivity contribution < 1.29 is 58.2 Å². The zero-order valence-corrected chi connectivity index (χ0v) is 47.2. The van der Waals surface area contributed by atoms with Gasteiger partial charge in [0.15, 0.2) is 24.6 Å². The predicted octanol–water partition coefficient (Wildman–Crippen LogP) is 15.7. The van der Waals surface area contributed by atoms with Crippen LogP contribution in [0.2, 0.25) is 0 Å². The van der Waals surface area contributed by atoms with Gasteiger partial charge in [0, 0.05) is 19.3 Å². The van der Waals surface area contributed by atoms with Crippen molar-refractivity contribution in [3.05, 3.63) is 12.2 Å². The van der Waals surface area contributed by atoms with Crippen LogP contribution >= 0.6 is 0 Å². The molecule has 1 saturated heterocycles. The van der Waals surface area contributed by atoms with Gasteiger partial charge in [0.05, 0.1) is 6.61 Å². The molecule has 0 aromatic carbocycles. The number of aliphatic hydroxyl groups excluding tert-OH is 2. The number of hydrogen-bond acceptors (Lipinski definition) is 11. The normalized spacial score (nSPS) is 18.3. The Morgan fingerprint density at radius 2 is 0.795 bits per heavy atom. The van der Waals surface area contributed by atoms with Crippen LogP contribution in [0.3, 0.4) is 0 Å². The number of ether oxygens (including phenoxy) is 5. The van der Waals surface area contributed by atoms with E-state index in [1.165, 1.54) is 167 Å². The highest BCUT2D eigenvalue weighted by molar-refractivity contribution is 5.74. The number of aliphatic carboxylic acids is 1. The summed E-state index contributed by atoms with van der Waals surface area (Å²) in [6.45, 7) is 5.98. The van der Waals surface area contributed by atoms with Gasteiger partial charge in [0.25, 0.3) is 0 Å². The first-order valence-electron chi connectivity index (χ1n) is 30.7. The number of carboxylic acid groups (broad SMARTS) is 1. The van der Waals surface area contributed by atoms with Gasteiger partial charge in [-0.2, -0.15) is 0 Å². The molecule has 1 fully saturated rings. The maximum absolute atomic E-state index is 13.1. The number of carbonyl (C=O) groups excluding carboxylic acids is 3. The Morgan fingerprint density at radius 1 is 0.438 bits per heavy atom. The molecule has 0 amide bonds. The van der Waals surface area contributed by atoms with E-state index in [1.54, 1.807) is 0 Å². The molecule has 6 unspecified atom stereocenters. The highest BCUT2D eigenvalue weighted by atomic mass is 16.7. The molecule has 0 saturated carbocycles. The monoisotopic (exact) mass is 1040 g/mol. The smallest absolute Gasteiger partial charge is 0.335 e. The van der Waals surface area contributed by atoms with Crippen LogP contribution in [0.15, 0.2) is 12.2 Å². The van der Waals surface area contributed by atoms with Crippen molar-refractivity contribution in [2.45, 2.75) is 340 Å². The Bertz CT molecular complexity index is 1320. The largest absolute Gasteiger partial charge is 0.479 e. The lowest BCUT2D eigenvalue weighted by Gasteiger charge is -2.40. The molecule has 73 heavy (non-hydrogen) atoms. The molecule has 0 radical (unpaired) electrons. The van der Waals surface area contributed by atoms with E-state index in [9.17, 15) is 34.5 Å². The van der Waals surface area contributed by atoms with E-state index in [4.69, 9.17) is 23.7 Å². The Kier molecular flexibility index (Phi) is 47.2. The van der Waals surface area contributed by atoms with Crippen LogP contribution in [0.5, 0.6) is 0 Å². The molecule has 0 aromatic rings. The van der Waals surface area contributed by atoms with Crippen LogP contribution in [-0.4, -0.2) is 89.2 Å². The lowest BCUT2D eigenvalue weighted by molar-refractivity contribution is -0.301. The average Bonchev–Trinajstić information content (AvgIpc) is 3.37. The van der Waals surface area contributed by atoms with E-state index in [0.717, 1.165) is 77.0 Å². The number of carboxylic acids is 1. The summed E-state index contributed by atoms with van der Waals surface area (Å²) in [5.74, 6) is -3.09. The van der Waals surface area contributed by atoms with E-state index >= 15 is 0 Å². The van der Waals surface area contributed by atoms with E-state index in [-0.39, 0.29) is 25.9 Å². The molecule has 1 aliphatic rings. The molecular weight excluding hydrogens is 925 g/mol. The van der Waals surface area contributed by atoms with Gasteiger partial charge < -0.3 is 39.0 Å². The molecule has 6 atom stereocenters.